The van der Waals surface area contributed by atoms with Crippen LogP contribution in [0.3, 0.4) is 0 Å². The molecule has 0 atom stereocenters. The predicted octanol–water partition coefficient (Wildman–Crippen LogP) is 6.89. The molecule has 5 aromatic carbocycles. The van der Waals surface area contributed by atoms with E-state index in [0.29, 0.717) is 0 Å². The lowest BCUT2D eigenvalue weighted by molar-refractivity contribution is 0.103. The summed E-state index contributed by atoms with van der Waals surface area (Å²) in [6, 6.07) is 36.7. The summed E-state index contributed by atoms with van der Waals surface area (Å²) in [7, 11) is 0. The summed E-state index contributed by atoms with van der Waals surface area (Å²) in [4.78, 5) is 12.7. The number of hydrogen-bond donors (Lipinski definition) is 0. The molecule has 0 aliphatic rings. The van der Waals surface area contributed by atoms with E-state index in [0.717, 1.165) is 21.9 Å². The van der Waals surface area contributed by atoms with Crippen molar-refractivity contribution in [3.05, 3.63) is 120 Å². The minimum atomic E-state index is 0.0566. The Labute approximate surface area is 163 Å². The normalized spacial score (nSPS) is 11.0. The Hall–Kier alpha value is -3.71. The van der Waals surface area contributed by atoms with Crippen LogP contribution < -0.4 is 0 Å². The molecule has 0 aliphatic heterocycles. The van der Waals surface area contributed by atoms with Gasteiger partial charge in [0.2, 0.25) is 0 Å². The topological polar surface area (TPSA) is 17.1 Å². The average molecular weight is 358 g/mol. The Morgan fingerprint density at radius 3 is 1.71 bits per heavy atom. The molecule has 0 amide bonds. The van der Waals surface area contributed by atoms with Gasteiger partial charge in [-0.2, -0.15) is 0 Å². The highest BCUT2D eigenvalue weighted by Gasteiger charge is 2.09. The molecule has 0 spiro atoms. The van der Waals surface area contributed by atoms with E-state index in [2.05, 4.69) is 60.7 Å². The van der Waals surface area contributed by atoms with Gasteiger partial charge >= 0.3 is 0 Å². The quantitative estimate of drug-likeness (QED) is 0.321. The van der Waals surface area contributed by atoms with Crippen LogP contribution in [0.4, 0.5) is 0 Å². The Morgan fingerprint density at radius 2 is 0.964 bits per heavy atom. The maximum absolute atomic E-state index is 12.7. The maximum atomic E-state index is 12.7. The first-order valence-electron chi connectivity index (χ1n) is 9.41. The molecular weight excluding hydrogens is 340 g/mol. The molecule has 0 aliphatic carbocycles. The lowest BCUT2D eigenvalue weighted by atomic mass is 9.96. The largest absolute Gasteiger partial charge is 0.289 e. The van der Waals surface area contributed by atoms with Crippen molar-refractivity contribution in [1.82, 2.24) is 0 Å². The zero-order chi connectivity index (χ0) is 18.9. The summed E-state index contributed by atoms with van der Waals surface area (Å²) < 4.78 is 0. The summed E-state index contributed by atoms with van der Waals surface area (Å²) in [5, 5.41) is 4.70. The van der Waals surface area contributed by atoms with Gasteiger partial charge in [-0.15, -0.1) is 0 Å². The van der Waals surface area contributed by atoms with E-state index >= 15 is 0 Å². The van der Waals surface area contributed by atoms with Gasteiger partial charge in [-0.3, -0.25) is 4.79 Å². The fourth-order valence-electron chi connectivity index (χ4n) is 3.69. The lowest BCUT2D eigenvalue weighted by Crippen LogP contribution is -2.00. The predicted molar refractivity (Wildman–Crippen MR) is 117 cm³/mol. The third-order valence-electron chi connectivity index (χ3n) is 5.22. The minimum Gasteiger partial charge on any atom is -0.289 e. The van der Waals surface area contributed by atoms with Crippen molar-refractivity contribution in [1.29, 1.82) is 0 Å². The van der Waals surface area contributed by atoms with Crippen LogP contribution in [-0.4, -0.2) is 5.78 Å². The second kappa shape index (κ2) is 6.79. The van der Waals surface area contributed by atoms with Crippen molar-refractivity contribution < 1.29 is 4.79 Å². The minimum absolute atomic E-state index is 0.0566. The van der Waals surface area contributed by atoms with E-state index in [-0.39, 0.29) is 5.78 Å². The van der Waals surface area contributed by atoms with E-state index in [1.165, 1.54) is 21.9 Å². The van der Waals surface area contributed by atoms with Gasteiger partial charge in [-0.05, 0) is 50.9 Å². The number of fused-ring (bicyclic) bond motifs is 2. The van der Waals surface area contributed by atoms with E-state index in [1.807, 2.05) is 48.5 Å². The highest BCUT2D eigenvalue weighted by molar-refractivity contribution is 6.10. The lowest BCUT2D eigenvalue weighted by Gasteiger charge is -2.08. The van der Waals surface area contributed by atoms with Gasteiger partial charge in [0.05, 0.1) is 0 Å². The highest BCUT2D eigenvalue weighted by atomic mass is 16.1. The monoisotopic (exact) mass is 358 g/mol. The Morgan fingerprint density at radius 1 is 0.429 bits per heavy atom. The fourth-order valence-corrected chi connectivity index (χ4v) is 3.69. The number of hydrogen-bond acceptors (Lipinski definition) is 1. The van der Waals surface area contributed by atoms with Crippen LogP contribution in [0.2, 0.25) is 0 Å². The fraction of sp³-hybridized carbons (Fsp3) is 0. The molecule has 5 rings (SSSR count). The number of rotatable bonds is 3. The number of benzene rings is 5. The van der Waals surface area contributed by atoms with Crippen molar-refractivity contribution in [2.75, 3.05) is 0 Å². The maximum Gasteiger partial charge on any atom is 0.193 e. The molecule has 0 radical (unpaired) electrons. The zero-order valence-electron chi connectivity index (χ0n) is 15.3. The molecule has 0 saturated heterocycles. The molecule has 132 valence electrons. The molecule has 0 saturated carbocycles. The summed E-state index contributed by atoms with van der Waals surface area (Å²) >= 11 is 0. The van der Waals surface area contributed by atoms with Crippen LogP contribution in [0.1, 0.15) is 15.9 Å². The molecule has 28 heavy (non-hydrogen) atoms. The first-order chi connectivity index (χ1) is 13.8. The van der Waals surface area contributed by atoms with Crippen molar-refractivity contribution in [3.63, 3.8) is 0 Å². The Kier molecular flexibility index (Phi) is 3.99. The molecule has 0 unspecified atom stereocenters. The molecule has 0 aromatic heterocycles. The number of carbonyl (C=O) groups excluding carboxylic acids is 1. The van der Waals surface area contributed by atoms with Crippen LogP contribution >= 0.6 is 0 Å². The van der Waals surface area contributed by atoms with Crippen LogP contribution in [0.5, 0.6) is 0 Å². The molecule has 0 N–H and O–H groups in total. The summed E-state index contributed by atoms with van der Waals surface area (Å²) in [6.45, 7) is 0. The van der Waals surface area contributed by atoms with Gasteiger partial charge in [0.25, 0.3) is 0 Å². The third kappa shape index (κ3) is 2.97. The Bertz CT molecular complexity index is 1320. The van der Waals surface area contributed by atoms with Crippen LogP contribution in [0.15, 0.2) is 109 Å². The van der Waals surface area contributed by atoms with Crippen molar-refractivity contribution in [2.45, 2.75) is 0 Å². The second-order valence-electron chi connectivity index (χ2n) is 7.03. The van der Waals surface area contributed by atoms with Crippen molar-refractivity contribution in [2.24, 2.45) is 0 Å². The van der Waals surface area contributed by atoms with E-state index in [1.54, 1.807) is 0 Å². The highest BCUT2D eigenvalue weighted by Crippen LogP contribution is 2.28. The number of carbonyl (C=O) groups is 1. The van der Waals surface area contributed by atoms with Crippen LogP contribution in [-0.2, 0) is 0 Å². The molecule has 0 fully saturated rings. The van der Waals surface area contributed by atoms with Gasteiger partial charge in [0.1, 0.15) is 0 Å². The standard InChI is InChI=1S/C27H18O/c28-27(20-7-2-1-3-8-20)26-15-14-24-17-23(12-13-25(24)18-26)22-11-10-19-6-4-5-9-21(19)16-22/h1-18H. The SMILES string of the molecule is O=C(c1ccccc1)c1ccc2cc(-c3ccc4ccccc4c3)ccc2c1. The van der Waals surface area contributed by atoms with E-state index in [9.17, 15) is 4.79 Å². The first kappa shape index (κ1) is 16.5. The molecule has 0 heterocycles. The van der Waals surface area contributed by atoms with Gasteiger partial charge < -0.3 is 0 Å². The van der Waals surface area contributed by atoms with Crippen molar-refractivity contribution in [3.8, 4) is 11.1 Å². The van der Waals surface area contributed by atoms with Gasteiger partial charge in [-0.1, -0.05) is 91.0 Å². The second-order valence-corrected chi connectivity index (χ2v) is 7.03. The average Bonchev–Trinajstić information content (AvgIpc) is 2.78. The molecule has 1 heteroatoms. The summed E-state index contributed by atoms with van der Waals surface area (Å²) in [6.07, 6.45) is 0. The summed E-state index contributed by atoms with van der Waals surface area (Å²) in [5.41, 5.74) is 3.82. The van der Waals surface area contributed by atoms with Gasteiger partial charge in [0.15, 0.2) is 5.78 Å². The van der Waals surface area contributed by atoms with Crippen LogP contribution in [0.25, 0.3) is 32.7 Å². The zero-order valence-corrected chi connectivity index (χ0v) is 15.3. The number of ketones is 1. The van der Waals surface area contributed by atoms with Crippen molar-refractivity contribution >= 4 is 27.3 Å². The van der Waals surface area contributed by atoms with E-state index < -0.39 is 0 Å². The summed E-state index contributed by atoms with van der Waals surface area (Å²) in [5.74, 6) is 0.0566. The molecule has 5 aromatic rings. The van der Waals surface area contributed by atoms with Gasteiger partial charge in [0, 0.05) is 11.1 Å². The first-order valence-corrected chi connectivity index (χ1v) is 9.41. The van der Waals surface area contributed by atoms with E-state index in [4.69, 9.17) is 0 Å². The smallest absolute Gasteiger partial charge is 0.193 e. The third-order valence-corrected chi connectivity index (χ3v) is 5.22. The Balaban J connectivity index is 1.54. The van der Waals surface area contributed by atoms with Crippen LogP contribution in [0, 0.1) is 0 Å². The molecular formula is C27H18O. The van der Waals surface area contributed by atoms with Gasteiger partial charge in [-0.25, -0.2) is 0 Å². The molecule has 0 bridgehead atoms. The molecule has 1 nitrogen and oxygen atoms in total.